The van der Waals surface area contributed by atoms with E-state index in [4.69, 9.17) is 0 Å². The van der Waals surface area contributed by atoms with Crippen LogP contribution >= 0.6 is 0 Å². The van der Waals surface area contributed by atoms with Crippen LogP contribution in [0.4, 0.5) is 17.6 Å². The molecule has 1 atom stereocenters. The molecule has 0 aromatic heterocycles. The molecule has 1 aromatic carbocycles. The Morgan fingerprint density at radius 1 is 1.07 bits per heavy atom. The normalized spacial score (nSPS) is 25.7. The molecule has 2 fully saturated rings. The van der Waals surface area contributed by atoms with Crippen molar-refractivity contribution in [1.29, 1.82) is 0 Å². The second-order valence-electron chi connectivity index (χ2n) is 9.61. The summed E-state index contributed by atoms with van der Waals surface area (Å²) >= 11 is 0. The topological polar surface area (TPSA) is 9.23 Å². The molecule has 2 saturated carbocycles. The van der Waals surface area contributed by atoms with Gasteiger partial charge >= 0.3 is 6.36 Å². The Bertz CT molecular complexity index is 670. The van der Waals surface area contributed by atoms with Gasteiger partial charge in [-0.3, -0.25) is 0 Å². The molecule has 0 N–H and O–H groups in total. The molecule has 1 unspecified atom stereocenters. The minimum atomic E-state index is -4.80. The van der Waals surface area contributed by atoms with E-state index >= 15 is 0 Å². The molecule has 5 heteroatoms. The maximum Gasteiger partial charge on any atom is 0.573 e. The van der Waals surface area contributed by atoms with Gasteiger partial charge in [-0.1, -0.05) is 71.3 Å². The first kappa shape index (κ1) is 23.4. The highest BCUT2D eigenvalue weighted by atomic mass is 19.4. The van der Waals surface area contributed by atoms with Crippen molar-refractivity contribution in [2.75, 3.05) is 0 Å². The molecule has 170 valence electrons. The molecule has 0 spiro atoms. The van der Waals surface area contributed by atoms with Crippen LogP contribution in [0, 0.1) is 23.1 Å². The number of benzene rings is 1. The van der Waals surface area contributed by atoms with Crippen molar-refractivity contribution < 1.29 is 22.3 Å². The van der Waals surface area contributed by atoms with Crippen molar-refractivity contribution in [1.82, 2.24) is 0 Å². The van der Waals surface area contributed by atoms with Gasteiger partial charge in [0.15, 0.2) is 0 Å². The fourth-order valence-electron chi connectivity index (χ4n) is 6.29. The van der Waals surface area contributed by atoms with Crippen LogP contribution < -0.4 is 4.74 Å². The van der Waals surface area contributed by atoms with E-state index in [9.17, 15) is 17.6 Å². The third-order valence-electron chi connectivity index (χ3n) is 7.94. The maximum atomic E-state index is 14.9. The van der Waals surface area contributed by atoms with Crippen LogP contribution in [0.15, 0.2) is 18.2 Å². The van der Waals surface area contributed by atoms with E-state index in [0.717, 1.165) is 37.7 Å². The van der Waals surface area contributed by atoms with Crippen LogP contribution in [-0.4, -0.2) is 6.36 Å². The van der Waals surface area contributed by atoms with Crippen molar-refractivity contribution in [3.8, 4) is 5.75 Å². The third-order valence-corrected chi connectivity index (χ3v) is 7.94. The molecule has 0 aliphatic heterocycles. The van der Waals surface area contributed by atoms with Crippen LogP contribution in [0.25, 0.3) is 0 Å². The van der Waals surface area contributed by atoms with E-state index in [0.29, 0.717) is 11.5 Å². The van der Waals surface area contributed by atoms with Crippen LogP contribution in [0.1, 0.15) is 102 Å². The Hall–Kier alpha value is -1.26. The minimum Gasteiger partial charge on any atom is -0.406 e. The number of halogens is 4. The minimum absolute atomic E-state index is 0.00470. The molecule has 0 radical (unpaired) electrons. The van der Waals surface area contributed by atoms with E-state index in [1.807, 2.05) is 0 Å². The molecule has 30 heavy (non-hydrogen) atoms. The van der Waals surface area contributed by atoms with Crippen molar-refractivity contribution >= 4 is 0 Å². The van der Waals surface area contributed by atoms with E-state index in [1.54, 1.807) is 0 Å². The average Bonchev–Trinajstić information content (AvgIpc) is 2.71. The molecule has 2 aliphatic carbocycles. The number of rotatable bonds is 7. The van der Waals surface area contributed by atoms with E-state index in [-0.39, 0.29) is 11.3 Å². The molecule has 1 nitrogen and oxygen atoms in total. The molecule has 3 rings (SSSR count). The standard InChI is InChI=1S/C25H36F4O/c1-3-4-8-19-9-11-20(12-10-19)24(15-6-5-7-16-24)18(2)22-14-13-21(17-23(22)26)30-25(27,28)29/h13-14,17-20H,3-12,15-16H2,1-2H3. The summed E-state index contributed by atoms with van der Waals surface area (Å²) in [4.78, 5) is 0. The van der Waals surface area contributed by atoms with Gasteiger partial charge in [0.1, 0.15) is 11.6 Å². The SMILES string of the molecule is CCCCC1CCC(C2(C(C)c3ccc(OC(F)(F)F)cc3F)CCCCC2)CC1. The molecule has 2 aliphatic rings. The number of unbranched alkanes of at least 4 members (excludes halogenated alkanes) is 1. The molecular formula is C25H36F4O. The monoisotopic (exact) mass is 428 g/mol. The van der Waals surface area contributed by atoms with Crippen LogP contribution in [0.5, 0.6) is 5.75 Å². The highest BCUT2D eigenvalue weighted by Gasteiger charge is 2.46. The lowest BCUT2D eigenvalue weighted by molar-refractivity contribution is -0.274. The highest BCUT2D eigenvalue weighted by Crippen LogP contribution is 2.57. The summed E-state index contributed by atoms with van der Waals surface area (Å²) in [5.41, 5.74) is 0.598. The first-order valence-electron chi connectivity index (χ1n) is 11.8. The Kier molecular flexibility index (Phi) is 7.73. The first-order chi connectivity index (χ1) is 14.2. The fourth-order valence-corrected chi connectivity index (χ4v) is 6.29. The Morgan fingerprint density at radius 3 is 2.30 bits per heavy atom. The van der Waals surface area contributed by atoms with Crippen molar-refractivity contribution in [2.45, 2.75) is 103 Å². The van der Waals surface area contributed by atoms with Crippen molar-refractivity contribution in [3.63, 3.8) is 0 Å². The summed E-state index contributed by atoms with van der Waals surface area (Å²) in [5, 5.41) is 0. The summed E-state index contributed by atoms with van der Waals surface area (Å²) in [5.74, 6) is 0.342. The van der Waals surface area contributed by atoms with Crippen LogP contribution in [-0.2, 0) is 0 Å². The summed E-state index contributed by atoms with van der Waals surface area (Å²) in [6, 6.07) is 3.68. The smallest absolute Gasteiger partial charge is 0.406 e. The zero-order valence-electron chi connectivity index (χ0n) is 18.4. The van der Waals surface area contributed by atoms with Gasteiger partial charge in [0.2, 0.25) is 0 Å². The zero-order chi connectivity index (χ0) is 21.8. The summed E-state index contributed by atoms with van der Waals surface area (Å²) in [6.07, 6.45) is 9.74. The predicted octanol–water partition coefficient (Wildman–Crippen LogP) is 8.77. The quantitative estimate of drug-likeness (QED) is 0.394. The summed E-state index contributed by atoms with van der Waals surface area (Å²) in [6.45, 7) is 4.33. The summed E-state index contributed by atoms with van der Waals surface area (Å²) in [7, 11) is 0. The first-order valence-corrected chi connectivity index (χ1v) is 11.8. The van der Waals surface area contributed by atoms with Gasteiger partial charge in [-0.25, -0.2) is 4.39 Å². The highest BCUT2D eigenvalue weighted by molar-refractivity contribution is 5.32. The van der Waals surface area contributed by atoms with Crippen molar-refractivity contribution in [2.24, 2.45) is 17.3 Å². The lowest BCUT2D eigenvalue weighted by Crippen LogP contribution is -2.40. The number of alkyl halides is 3. The van der Waals surface area contributed by atoms with Crippen molar-refractivity contribution in [3.05, 3.63) is 29.6 Å². The largest absolute Gasteiger partial charge is 0.573 e. The van der Waals surface area contributed by atoms with Gasteiger partial charge < -0.3 is 4.74 Å². The lowest BCUT2D eigenvalue weighted by Gasteiger charge is -2.50. The Labute approximate surface area is 178 Å². The number of hydrogen-bond acceptors (Lipinski definition) is 1. The molecule has 1 aromatic rings. The predicted molar refractivity (Wildman–Crippen MR) is 112 cm³/mol. The average molecular weight is 429 g/mol. The van der Waals surface area contributed by atoms with Gasteiger partial charge in [0.25, 0.3) is 0 Å². The molecular weight excluding hydrogens is 392 g/mol. The van der Waals surface area contributed by atoms with E-state index in [2.05, 4.69) is 18.6 Å². The molecule has 0 heterocycles. The summed E-state index contributed by atoms with van der Waals surface area (Å²) < 4.78 is 56.3. The van der Waals surface area contributed by atoms with E-state index in [1.165, 1.54) is 63.5 Å². The number of ether oxygens (including phenoxy) is 1. The van der Waals surface area contributed by atoms with E-state index < -0.39 is 17.9 Å². The molecule has 0 saturated heterocycles. The van der Waals surface area contributed by atoms with Gasteiger partial charge in [0.05, 0.1) is 0 Å². The van der Waals surface area contributed by atoms with Gasteiger partial charge in [0, 0.05) is 6.07 Å². The molecule has 0 amide bonds. The second kappa shape index (κ2) is 9.91. The lowest BCUT2D eigenvalue weighted by atomic mass is 9.54. The van der Waals surface area contributed by atoms with Gasteiger partial charge in [-0.2, -0.15) is 0 Å². The van der Waals surface area contributed by atoms with Gasteiger partial charge in [-0.15, -0.1) is 13.2 Å². The number of hydrogen-bond donors (Lipinski definition) is 0. The van der Waals surface area contributed by atoms with Crippen LogP contribution in [0.2, 0.25) is 0 Å². The Balaban J connectivity index is 1.78. The van der Waals surface area contributed by atoms with Crippen LogP contribution in [0.3, 0.4) is 0 Å². The van der Waals surface area contributed by atoms with Gasteiger partial charge in [-0.05, 0) is 60.5 Å². The Morgan fingerprint density at radius 2 is 1.73 bits per heavy atom. The maximum absolute atomic E-state index is 14.9. The molecule has 0 bridgehead atoms. The second-order valence-corrected chi connectivity index (χ2v) is 9.61. The zero-order valence-corrected chi connectivity index (χ0v) is 18.4. The third kappa shape index (κ3) is 5.50. The fraction of sp³-hybridized carbons (Fsp3) is 0.760.